The first-order valence-electron chi connectivity index (χ1n) is 9.01. The van der Waals surface area contributed by atoms with Crippen molar-refractivity contribution in [3.8, 4) is 11.5 Å². The van der Waals surface area contributed by atoms with Gasteiger partial charge in [-0.2, -0.15) is 0 Å². The maximum absolute atomic E-state index is 13.0. The Hall–Kier alpha value is -2.25. The third-order valence-electron chi connectivity index (χ3n) is 4.12. The van der Waals surface area contributed by atoms with E-state index in [1.54, 1.807) is 17.2 Å². The predicted molar refractivity (Wildman–Crippen MR) is 111 cm³/mol. The molecule has 3 rings (SSSR count). The molecule has 0 unspecified atom stereocenters. The number of benzene rings is 1. The molecule has 6 nitrogen and oxygen atoms in total. The van der Waals surface area contributed by atoms with E-state index >= 15 is 0 Å². The van der Waals surface area contributed by atoms with E-state index in [9.17, 15) is 4.79 Å². The largest absolute Gasteiger partial charge is 0.419 e. The second kappa shape index (κ2) is 8.01. The lowest BCUT2D eigenvalue weighted by Gasteiger charge is -2.24. The number of carbonyl (C=O) groups is 1. The fourth-order valence-electron chi connectivity index (χ4n) is 2.56. The molecule has 0 bridgehead atoms. The summed E-state index contributed by atoms with van der Waals surface area (Å²) in [6, 6.07) is 7.23. The number of amides is 1. The number of carbonyl (C=O) groups excluding carboxylic acids is 1. The molecule has 0 aliphatic heterocycles. The summed E-state index contributed by atoms with van der Waals surface area (Å²) in [5.41, 5.74) is 0.574. The van der Waals surface area contributed by atoms with Crippen molar-refractivity contribution in [2.45, 2.75) is 52.6 Å². The highest BCUT2D eigenvalue weighted by Crippen LogP contribution is 2.29. The minimum Gasteiger partial charge on any atom is -0.419 e. The van der Waals surface area contributed by atoms with E-state index in [1.807, 2.05) is 32.0 Å². The quantitative estimate of drug-likeness (QED) is 0.569. The standard InChI is InChI=1S/C20H23ClN4O2S/c1-12(2)25(18(26)15-10-22-19(28-15)20(3,4)5)11-16-23-24-17(27-16)13-8-6-7-9-14(13)21/h6-10,12H,11H2,1-5H3. The Morgan fingerprint density at radius 1 is 1.25 bits per heavy atom. The Morgan fingerprint density at radius 2 is 1.96 bits per heavy atom. The van der Waals surface area contributed by atoms with Crippen molar-refractivity contribution in [3.63, 3.8) is 0 Å². The average Bonchev–Trinajstić information content (AvgIpc) is 3.28. The van der Waals surface area contributed by atoms with Gasteiger partial charge in [0.25, 0.3) is 5.91 Å². The molecule has 0 saturated carbocycles. The van der Waals surface area contributed by atoms with Crippen molar-refractivity contribution >= 4 is 28.8 Å². The van der Waals surface area contributed by atoms with Gasteiger partial charge >= 0.3 is 0 Å². The molecule has 148 valence electrons. The van der Waals surface area contributed by atoms with Crippen LogP contribution in [0.3, 0.4) is 0 Å². The summed E-state index contributed by atoms with van der Waals surface area (Å²) in [7, 11) is 0. The summed E-state index contributed by atoms with van der Waals surface area (Å²) in [5, 5.41) is 9.64. The molecule has 0 fully saturated rings. The van der Waals surface area contributed by atoms with Crippen molar-refractivity contribution in [2.24, 2.45) is 0 Å². The zero-order valence-corrected chi connectivity index (χ0v) is 18.1. The van der Waals surface area contributed by atoms with Gasteiger partial charge in [0.05, 0.1) is 28.3 Å². The molecule has 2 aromatic heterocycles. The molecule has 0 spiro atoms. The van der Waals surface area contributed by atoms with E-state index in [4.69, 9.17) is 16.0 Å². The molecule has 0 aliphatic carbocycles. The SMILES string of the molecule is CC(C)N(Cc1nnc(-c2ccccc2Cl)o1)C(=O)c1cnc(C(C)(C)C)s1. The second-order valence-electron chi connectivity index (χ2n) is 7.79. The topological polar surface area (TPSA) is 72.1 Å². The zero-order valence-electron chi connectivity index (χ0n) is 16.6. The lowest BCUT2D eigenvalue weighted by molar-refractivity contribution is 0.0677. The summed E-state index contributed by atoms with van der Waals surface area (Å²) in [5.74, 6) is 0.600. The van der Waals surface area contributed by atoms with Gasteiger partial charge < -0.3 is 9.32 Å². The monoisotopic (exact) mass is 418 g/mol. The molecule has 0 atom stereocenters. The van der Waals surface area contributed by atoms with Crippen LogP contribution in [0.15, 0.2) is 34.9 Å². The molecule has 3 aromatic rings. The van der Waals surface area contributed by atoms with E-state index in [0.717, 1.165) is 5.01 Å². The van der Waals surface area contributed by atoms with E-state index < -0.39 is 0 Å². The minimum atomic E-state index is -0.0968. The zero-order chi connectivity index (χ0) is 20.5. The molecule has 28 heavy (non-hydrogen) atoms. The van der Waals surface area contributed by atoms with E-state index in [2.05, 4.69) is 36.0 Å². The average molecular weight is 419 g/mol. The van der Waals surface area contributed by atoms with E-state index in [0.29, 0.717) is 27.2 Å². The highest BCUT2D eigenvalue weighted by molar-refractivity contribution is 7.13. The molecule has 0 N–H and O–H groups in total. The summed E-state index contributed by atoms with van der Waals surface area (Å²) in [6.45, 7) is 10.4. The molecule has 2 heterocycles. The minimum absolute atomic E-state index is 0.0386. The molecule has 0 aliphatic rings. The predicted octanol–water partition coefficient (Wildman–Crippen LogP) is 5.19. The highest BCUT2D eigenvalue weighted by atomic mass is 35.5. The number of rotatable bonds is 5. The summed E-state index contributed by atoms with van der Waals surface area (Å²) in [4.78, 5) is 19.8. The number of nitrogens with zero attached hydrogens (tertiary/aromatic N) is 4. The molecule has 1 aromatic carbocycles. The molecule has 8 heteroatoms. The molecular formula is C20H23ClN4O2S. The van der Waals surface area contributed by atoms with Crippen LogP contribution in [0.1, 0.15) is 55.2 Å². The Bertz CT molecular complexity index is 974. The van der Waals surface area contributed by atoms with Crippen LogP contribution < -0.4 is 0 Å². The van der Waals surface area contributed by atoms with Crippen LogP contribution in [0.4, 0.5) is 0 Å². The van der Waals surface area contributed by atoms with E-state index in [-0.39, 0.29) is 23.9 Å². The van der Waals surface area contributed by atoms with Crippen LogP contribution in [0.2, 0.25) is 5.02 Å². The van der Waals surface area contributed by atoms with Crippen molar-refractivity contribution in [1.29, 1.82) is 0 Å². The molecule has 0 radical (unpaired) electrons. The Morgan fingerprint density at radius 3 is 2.57 bits per heavy atom. The molecule has 1 amide bonds. The second-order valence-corrected chi connectivity index (χ2v) is 9.23. The first-order valence-corrected chi connectivity index (χ1v) is 10.2. The maximum Gasteiger partial charge on any atom is 0.266 e. The maximum atomic E-state index is 13.0. The number of hydrogen-bond acceptors (Lipinski definition) is 6. The summed E-state index contributed by atoms with van der Waals surface area (Å²) in [6.07, 6.45) is 1.64. The first kappa shape index (κ1) is 20.5. The van der Waals surface area contributed by atoms with Gasteiger partial charge in [0.2, 0.25) is 11.8 Å². The Labute approximate surface area is 173 Å². The van der Waals surface area contributed by atoms with Crippen LogP contribution in [-0.2, 0) is 12.0 Å². The lowest BCUT2D eigenvalue weighted by atomic mass is 9.98. The van der Waals surface area contributed by atoms with Gasteiger partial charge in [-0.15, -0.1) is 21.5 Å². The first-order chi connectivity index (χ1) is 13.2. The Balaban J connectivity index is 1.81. The smallest absolute Gasteiger partial charge is 0.266 e. The van der Waals surface area contributed by atoms with Crippen LogP contribution in [0.25, 0.3) is 11.5 Å². The molecule has 0 saturated heterocycles. The van der Waals surface area contributed by atoms with Gasteiger partial charge in [0.15, 0.2) is 0 Å². The fraction of sp³-hybridized carbons (Fsp3) is 0.400. The Kier molecular flexibility index (Phi) is 5.86. The number of thiazole rings is 1. The van der Waals surface area contributed by atoms with Gasteiger partial charge in [-0.3, -0.25) is 4.79 Å². The number of halogens is 1. The van der Waals surface area contributed by atoms with Crippen LogP contribution >= 0.6 is 22.9 Å². The normalized spacial score (nSPS) is 11.8. The van der Waals surface area contributed by atoms with Crippen LogP contribution in [0.5, 0.6) is 0 Å². The fourth-order valence-corrected chi connectivity index (χ4v) is 3.70. The molecular weight excluding hydrogens is 396 g/mol. The number of hydrogen-bond donors (Lipinski definition) is 0. The van der Waals surface area contributed by atoms with Crippen molar-refractivity contribution < 1.29 is 9.21 Å². The van der Waals surface area contributed by atoms with Crippen molar-refractivity contribution in [1.82, 2.24) is 20.1 Å². The van der Waals surface area contributed by atoms with Gasteiger partial charge in [-0.1, -0.05) is 44.5 Å². The van der Waals surface area contributed by atoms with Gasteiger partial charge in [0, 0.05) is 11.5 Å². The third-order valence-corrected chi connectivity index (χ3v) is 5.86. The van der Waals surface area contributed by atoms with Crippen molar-refractivity contribution in [2.75, 3.05) is 0 Å². The van der Waals surface area contributed by atoms with Gasteiger partial charge in [-0.25, -0.2) is 4.98 Å². The van der Waals surface area contributed by atoms with Crippen molar-refractivity contribution in [3.05, 3.63) is 51.3 Å². The van der Waals surface area contributed by atoms with Gasteiger partial charge in [0.1, 0.15) is 4.88 Å². The highest BCUT2D eigenvalue weighted by Gasteiger charge is 2.26. The third kappa shape index (κ3) is 4.42. The van der Waals surface area contributed by atoms with Crippen LogP contribution in [-0.4, -0.2) is 32.0 Å². The number of aromatic nitrogens is 3. The lowest BCUT2D eigenvalue weighted by Crippen LogP contribution is -2.36. The summed E-state index contributed by atoms with van der Waals surface area (Å²) >= 11 is 7.62. The summed E-state index contributed by atoms with van der Waals surface area (Å²) < 4.78 is 5.76. The van der Waals surface area contributed by atoms with Gasteiger partial charge in [-0.05, 0) is 26.0 Å². The van der Waals surface area contributed by atoms with E-state index in [1.165, 1.54) is 11.3 Å². The van der Waals surface area contributed by atoms with Crippen LogP contribution in [0, 0.1) is 0 Å².